The first-order chi connectivity index (χ1) is 20.9. The van der Waals surface area contributed by atoms with E-state index >= 15 is 0 Å². The summed E-state index contributed by atoms with van der Waals surface area (Å²) >= 11 is 0. The molecule has 0 spiro atoms. The lowest BCUT2D eigenvalue weighted by Crippen LogP contribution is -2.51. The maximum atomic E-state index is 13.6. The van der Waals surface area contributed by atoms with Gasteiger partial charge in [0.15, 0.2) is 0 Å². The van der Waals surface area contributed by atoms with Crippen molar-refractivity contribution in [2.45, 2.75) is 77.3 Å². The molecule has 0 fully saturated rings. The number of aryl methyl sites for hydroxylation is 2. The lowest BCUT2D eigenvalue weighted by atomic mass is 9.94. The highest BCUT2D eigenvalue weighted by atomic mass is 32.2. The van der Waals surface area contributed by atoms with Crippen molar-refractivity contribution >= 4 is 33.9 Å². The van der Waals surface area contributed by atoms with Crippen LogP contribution in [0.4, 0.5) is 4.79 Å². The third-order valence-electron chi connectivity index (χ3n) is 7.74. The molecule has 0 saturated heterocycles. The molecule has 0 aliphatic carbocycles. The van der Waals surface area contributed by atoms with E-state index in [9.17, 15) is 22.8 Å². The summed E-state index contributed by atoms with van der Waals surface area (Å²) in [7, 11) is -2.72. The van der Waals surface area contributed by atoms with E-state index in [-0.39, 0.29) is 19.5 Å². The Morgan fingerprint density at radius 2 is 1.73 bits per heavy atom. The Kier molecular flexibility index (Phi) is 11.1. The van der Waals surface area contributed by atoms with Crippen LogP contribution in [-0.4, -0.2) is 80.1 Å². The summed E-state index contributed by atoms with van der Waals surface area (Å²) in [5, 5.41) is 24.6. The number of likely N-dealkylation sites (N-methyl/N-ethyl adjacent to an activating group) is 1. The van der Waals surface area contributed by atoms with E-state index in [4.69, 9.17) is 15.3 Å². The Balaban J connectivity index is 1.64. The summed E-state index contributed by atoms with van der Waals surface area (Å²) in [6, 6.07) is 8.83. The van der Waals surface area contributed by atoms with Crippen LogP contribution in [0.5, 0.6) is 5.75 Å². The van der Waals surface area contributed by atoms with Crippen LogP contribution in [0.2, 0.25) is 0 Å². The SMILES string of the molecule is Cc1cc(C)c2c(c1C)OC(C)(C)C2S(=O)(=O)NC(=N)NCCCC(NC(=O)c1ccccc1)C(=O)NC(C)CN(C)C(=O)O. The molecule has 1 aliphatic heterocycles. The largest absolute Gasteiger partial charge is 0.485 e. The molecule has 3 atom stereocenters. The highest BCUT2D eigenvalue weighted by Gasteiger charge is 2.51. The number of ether oxygens (including phenoxy) is 1. The Morgan fingerprint density at radius 3 is 2.36 bits per heavy atom. The molecule has 3 rings (SSSR count). The number of nitrogens with zero attached hydrogens (tertiary/aromatic N) is 1. The van der Waals surface area contributed by atoms with Crippen molar-refractivity contribution in [1.29, 1.82) is 5.41 Å². The predicted molar refractivity (Wildman–Crippen MR) is 171 cm³/mol. The van der Waals surface area contributed by atoms with Crippen molar-refractivity contribution in [3.8, 4) is 5.75 Å². The van der Waals surface area contributed by atoms with Crippen LogP contribution in [0.3, 0.4) is 0 Å². The van der Waals surface area contributed by atoms with Gasteiger partial charge in [0, 0.05) is 37.3 Å². The van der Waals surface area contributed by atoms with Crippen molar-refractivity contribution in [2.75, 3.05) is 20.1 Å². The molecule has 14 heteroatoms. The van der Waals surface area contributed by atoms with Crippen molar-refractivity contribution in [3.63, 3.8) is 0 Å². The number of guanidine groups is 1. The average molecular weight is 645 g/mol. The summed E-state index contributed by atoms with van der Waals surface area (Å²) in [6.07, 6.45) is -0.685. The highest BCUT2D eigenvalue weighted by molar-refractivity contribution is 7.90. The number of hydrogen-bond acceptors (Lipinski definition) is 7. The molecule has 2 aromatic rings. The quantitative estimate of drug-likeness (QED) is 0.115. The second-order valence-corrected chi connectivity index (χ2v) is 13.8. The molecule has 0 radical (unpaired) electrons. The summed E-state index contributed by atoms with van der Waals surface area (Å²) in [5.41, 5.74) is 2.53. The summed E-state index contributed by atoms with van der Waals surface area (Å²) in [6.45, 7) is 10.9. The summed E-state index contributed by atoms with van der Waals surface area (Å²) in [4.78, 5) is 38.1. The number of amides is 3. The fourth-order valence-electron chi connectivity index (χ4n) is 5.46. The van der Waals surface area contributed by atoms with Gasteiger partial charge in [-0.1, -0.05) is 24.3 Å². The monoisotopic (exact) mass is 644 g/mol. The minimum Gasteiger partial charge on any atom is -0.485 e. The van der Waals surface area contributed by atoms with Crippen LogP contribution in [0.1, 0.15) is 71.5 Å². The molecule has 1 aliphatic rings. The van der Waals surface area contributed by atoms with Gasteiger partial charge in [0.2, 0.25) is 21.9 Å². The van der Waals surface area contributed by atoms with Gasteiger partial charge in [-0.2, -0.15) is 0 Å². The van der Waals surface area contributed by atoms with Gasteiger partial charge in [-0.25, -0.2) is 13.2 Å². The molecule has 0 bridgehead atoms. The normalized spacial score (nSPS) is 16.4. The zero-order chi connectivity index (χ0) is 33.7. The number of rotatable bonds is 12. The van der Waals surface area contributed by atoms with Gasteiger partial charge in [-0.3, -0.25) is 19.7 Å². The Labute approximate surface area is 264 Å². The van der Waals surface area contributed by atoms with E-state index in [1.165, 1.54) is 7.05 Å². The minimum atomic E-state index is -4.10. The van der Waals surface area contributed by atoms with Gasteiger partial charge in [0.1, 0.15) is 22.6 Å². The minimum absolute atomic E-state index is 0.0469. The van der Waals surface area contributed by atoms with Crippen molar-refractivity contribution in [2.24, 2.45) is 0 Å². The van der Waals surface area contributed by atoms with Crippen molar-refractivity contribution in [3.05, 3.63) is 64.2 Å². The number of fused-ring (bicyclic) bond motifs is 1. The first kappa shape index (κ1) is 35.2. The maximum Gasteiger partial charge on any atom is 0.407 e. The molecule has 45 heavy (non-hydrogen) atoms. The van der Waals surface area contributed by atoms with Crippen LogP contribution < -0.4 is 25.4 Å². The second kappa shape index (κ2) is 14.2. The topological polar surface area (TPSA) is 190 Å². The number of benzene rings is 2. The van der Waals surface area contributed by atoms with E-state index in [2.05, 4.69) is 20.7 Å². The number of sulfonamides is 1. The van der Waals surface area contributed by atoms with Crippen molar-refractivity contribution in [1.82, 2.24) is 25.6 Å². The molecule has 0 aromatic heterocycles. The molecular weight excluding hydrogens is 600 g/mol. The average Bonchev–Trinajstić information content (AvgIpc) is 3.25. The molecule has 13 nitrogen and oxygen atoms in total. The summed E-state index contributed by atoms with van der Waals surface area (Å²) < 4.78 is 35.6. The van der Waals surface area contributed by atoms with Gasteiger partial charge in [-0.15, -0.1) is 0 Å². The van der Waals surface area contributed by atoms with Crippen LogP contribution in [0.15, 0.2) is 36.4 Å². The molecule has 2 aromatic carbocycles. The number of hydrogen-bond donors (Lipinski definition) is 6. The first-order valence-electron chi connectivity index (χ1n) is 14.7. The summed E-state index contributed by atoms with van der Waals surface area (Å²) in [5.74, 6) is -0.829. The van der Waals surface area contributed by atoms with Gasteiger partial charge in [0.05, 0.1) is 0 Å². The van der Waals surface area contributed by atoms with E-state index in [0.717, 1.165) is 21.6 Å². The Morgan fingerprint density at radius 1 is 1.09 bits per heavy atom. The van der Waals surface area contributed by atoms with Crippen LogP contribution >= 0.6 is 0 Å². The second-order valence-electron chi connectivity index (χ2n) is 12.0. The number of carbonyl (C=O) groups is 3. The molecule has 3 amide bonds. The van der Waals surface area contributed by atoms with E-state index in [1.54, 1.807) is 51.1 Å². The fourth-order valence-corrected chi connectivity index (χ4v) is 7.33. The lowest BCUT2D eigenvalue weighted by molar-refractivity contribution is -0.123. The van der Waals surface area contributed by atoms with Crippen LogP contribution in [0.25, 0.3) is 0 Å². The zero-order valence-corrected chi connectivity index (χ0v) is 27.6. The lowest BCUT2D eigenvalue weighted by Gasteiger charge is -2.27. The van der Waals surface area contributed by atoms with Crippen LogP contribution in [0, 0.1) is 26.2 Å². The third kappa shape index (κ3) is 8.65. The number of nitrogens with one attached hydrogen (secondary N) is 5. The molecule has 6 N–H and O–H groups in total. The first-order valence-corrected chi connectivity index (χ1v) is 16.2. The molecule has 3 unspecified atom stereocenters. The van der Waals surface area contributed by atoms with E-state index in [1.807, 2.05) is 26.8 Å². The third-order valence-corrected chi connectivity index (χ3v) is 9.65. The zero-order valence-electron chi connectivity index (χ0n) is 26.8. The molecule has 246 valence electrons. The maximum absolute atomic E-state index is 13.6. The molecule has 0 saturated carbocycles. The highest BCUT2D eigenvalue weighted by Crippen LogP contribution is 2.50. The number of carboxylic acid groups (broad SMARTS) is 1. The van der Waals surface area contributed by atoms with Crippen molar-refractivity contribution < 1.29 is 32.6 Å². The van der Waals surface area contributed by atoms with Crippen LogP contribution in [-0.2, 0) is 14.8 Å². The standard InChI is InChI=1S/C31H44N6O7S/c1-18-16-19(2)24-25(21(18)4)44-31(5,6)26(24)45(42,43)36-29(32)33-15-11-14-23(35-27(38)22-12-9-8-10-13-22)28(39)34-20(3)17-37(7)30(40)41/h8-10,12-13,16,20,23,26H,11,14-15,17H2,1-7H3,(H,34,39)(H,35,38)(H,40,41)(H3,32,33,36). The Hall–Kier alpha value is -4.33. The Bertz CT molecular complexity index is 1550. The smallest absolute Gasteiger partial charge is 0.407 e. The van der Waals surface area contributed by atoms with E-state index in [0.29, 0.717) is 23.3 Å². The van der Waals surface area contributed by atoms with Gasteiger partial charge in [-0.05, 0) is 83.2 Å². The van der Waals surface area contributed by atoms with Gasteiger partial charge in [0.25, 0.3) is 5.91 Å². The van der Waals surface area contributed by atoms with E-state index < -0.39 is 56.8 Å². The van der Waals surface area contributed by atoms with Gasteiger partial charge >= 0.3 is 6.09 Å². The fraction of sp³-hybridized carbons (Fsp3) is 0.484. The molecule has 1 heterocycles. The predicted octanol–water partition coefficient (Wildman–Crippen LogP) is 2.96. The molecular formula is C31H44N6O7S. The number of carbonyl (C=O) groups excluding carboxylic acids is 2. The van der Waals surface area contributed by atoms with Gasteiger partial charge < -0.3 is 30.7 Å².